The maximum atomic E-state index is 6.18. The number of hydrogen-bond acceptors (Lipinski definition) is 4. The van der Waals surface area contributed by atoms with Gasteiger partial charge in [0.25, 0.3) is 0 Å². The Morgan fingerprint density at radius 1 is 1.45 bits per heavy atom. The second kappa shape index (κ2) is 6.99. The summed E-state index contributed by atoms with van der Waals surface area (Å²) in [6.07, 6.45) is 5.69. The molecule has 0 aromatic heterocycles. The van der Waals surface area contributed by atoms with Crippen molar-refractivity contribution < 1.29 is 9.47 Å². The van der Waals surface area contributed by atoms with E-state index in [1.54, 1.807) is 0 Å². The normalized spacial score (nSPS) is 32.7. The first-order valence-corrected chi connectivity index (χ1v) is 9.25. The minimum atomic E-state index is -0.0380. The molecule has 4 heteroatoms. The van der Waals surface area contributed by atoms with Crippen LogP contribution in [-0.4, -0.2) is 49.5 Å². The molecule has 0 amide bonds. The zero-order valence-corrected chi connectivity index (χ0v) is 14.4. The first kappa shape index (κ1) is 16.6. The average molecular weight is 301 g/mol. The predicted molar refractivity (Wildman–Crippen MR) is 86.5 cm³/mol. The Hall–Kier alpha value is 0.230. The Bertz CT molecular complexity index is 293. The fraction of sp³-hybridized carbons (Fsp3) is 1.00. The summed E-state index contributed by atoms with van der Waals surface area (Å²) >= 11 is 2.05. The van der Waals surface area contributed by atoms with Crippen molar-refractivity contribution in [3.63, 3.8) is 0 Å². The highest BCUT2D eigenvalue weighted by Crippen LogP contribution is 2.43. The van der Waals surface area contributed by atoms with Crippen LogP contribution < -0.4 is 5.32 Å². The Morgan fingerprint density at radius 3 is 2.70 bits per heavy atom. The van der Waals surface area contributed by atoms with E-state index >= 15 is 0 Å². The van der Waals surface area contributed by atoms with Crippen molar-refractivity contribution in [1.29, 1.82) is 0 Å². The minimum Gasteiger partial charge on any atom is -0.377 e. The lowest BCUT2D eigenvalue weighted by Gasteiger charge is -2.47. The number of hydrogen-bond donors (Lipinski definition) is 1. The van der Waals surface area contributed by atoms with Crippen LogP contribution in [0.25, 0.3) is 0 Å². The van der Waals surface area contributed by atoms with Gasteiger partial charge in [-0.1, -0.05) is 13.8 Å². The van der Waals surface area contributed by atoms with E-state index in [-0.39, 0.29) is 11.2 Å². The number of rotatable bonds is 6. The number of ether oxygens (including phenoxy) is 2. The number of methoxy groups -OCH3 is 1. The molecular formula is C16H31NO2S. The summed E-state index contributed by atoms with van der Waals surface area (Å²) in [6, 6.07) is 0.425. The second-order valence-corrected chi connectivity index (χ2v) is 7.43. The van der Waals surface area contributed by atoms with E-state index in [1.165, 1.54) is 24.3 Å². The third kappa shape index (κ3) is 3.03. The van der Waals surface area contributed by atoms with E-state index in [9.17, 15) is 0 Å². The van der Waals surface area contributed by atoms with Crippen LogP contribution >= 0.6 is 11.8 Å². The molecule has 2 aliphatic heterocycles. The highest BCUT2D eigenvalue weighted by atomic mass is 32.2. The van der Waals surface area contributed by atoms with Crippen molar-refractivity contribution in [1.82, 2.24) is 5.32 Å². The van der Waals surface area contributed by atoms with Gasteiger partial charge in [0.15, 0.2) is 0 Å². The molecular weight excluding hydrogens is 270 g/mol. The van der Waals surface area contributed by atoms with Crippen LogP contribution in [0.4, 0.5) is 0 Å². The molecule has 1 N–H and O–H groups in total. The standard InChI is InChI=1S/C16H31NO2S/c1-5-16(6-2,18-4)14(17-3)13-7-9-19-15(11-13)8-10-20-12-15/h13-14,17H,5-12H2,1-4H3. The molecule has 0 aromatic carbocycles. The SMILES string of the molecule is CCC(CC)(OC)C(NC)C1CCOC2(CCSC2)C1. The fourth-order valence-electron chi connectivity index (χ4n) is 4.25. The van der Waals surface area contributed by atoms with Crippen molar-refractivity contribution in [2.45, 2.75) is 63.2 Å². The lowest BCUT2D eigenvalue weighted by atomic mass is 9.73. The molecule has 0 aromatic rings. The quantitative estimate of drug-likeness (QED) is 0.817. The number of nitrogens with one attached hydrogen (secondary N) is 1. The molecule has 0 aliphatic carbocycles. The van der Waals surface area contributed by atoms with Crippen LogP contribution in [0.3, 0.4) is 0 Å². The van der Waals surface area contributed by atoms with E-state index in [0.29, 0.717) is 12.0 Å². The van der Waals surface area contributed by atoms with Gasteiger partial charge in [0, 0.05) is 25.5 Å². The van der Waals surface area contributed by atoms with Gasteiger partial charge < -0.3 is 14.8 Å². The van der Waals surface area contributed by atoms with E-state index in [1.807, 2.05) is 18.9 Å². The lowest BCUT2D eigenvalue weighted by Crippen LogP contribution is -2.57. The molecule has 2 aliphatic rings. The first-order chi connectivity index (χ1) is 9.65. The Labute approximate surface area is 128 Å². The number of likely N-dealkylation sites (N-methyl/N-ethyl adjacent to an activating group) is 1. The van der Waals surface area contributed by atoms with E-state index < -0.39 is 0 Å². The van der Waals surface area contributed by atoms with Gasteiger partial charge in [0.05, 0.1) is 11.2 Å². The zero-order chi connectivity index (χ0) is 14.6. The highest BCUT2D eigenvalue weighted by molar-refractivity contribution is 7.99. The van der Waals surface area contributed by atoms with Crippen molar-refractivity contribution in [2.75, 3.05) is 32.3 Å². The molecule has 118 valence electrons. The Kier molecular flexibility index (Phi) is 5.80. The number of thioether (sulfide) groups is 1. The third-order valence-electron chi connectivity index (χ3n) is 5.55. The lowest BCUT2D eigenvalue weighted by molar-refractivity contribution is -0.117. The molecule has 20 heavy (non-hydrogen) atoms. The van der Waals surface area contributed by atoms with Gasteiger partial charge in [-0.3, -0.25) is 0 Å². The van der Waals surface area contributed by atoms with Crippen molar-refractivity contribution in [3.05, 3.63) is 0 Å². The molecule has 0 saturated carbocycles. The Balaban J connectivity index is 2.14. The monoisotopic (exact) mass is 301 g/mol. The smallest absolute Gasteiger partial charge is 0.0828 e. The molecule has 2 saturated heterocycles. The van der Waals surface area contributed by atoms with Gasteiger partial charge in [-0.05, 0) is 50.8 Å². The molecule has 0 bridgehead atoms. The van der Waals surface area contributed by atoms with Gasteiger partial charge in [-0.25, -0.2) is 0 Å². The summed E-state index contributed by atoms with van der Waals surface area (Å²) in [5, 5.41) is 3.58. The summed E-state index contributed by atoms with van der Waals surface area (Å²) in [4.78, 5) is 0. The van der Waals surface area contributed by atoms with Crippen LogP contribution in [0.15, 0.2) is 0 Å². The predicted octanol–water partition coefficient (Wildman–Crippen LogP) is 3.08. The fourth-order valence-corrected chi connectivity index (χ4v) is 5.63. The van der Waals surface area contributed by atoms with E-state index in [2.05, 4.69) is 26.2 Å². The third-order valence-corrected chi connectivity index (χ3v) is 6.77. The van der Waals surface area contributed by atoms with Crippen LogP contribution in [-0.2, 0) is 9.47 Å². The first-order valence-electron chi connectivity index (χ1n) is 8.09. The van der Waals surface area contributed by atoms with E-state index in [4.69, 9.17) is 9.47 Å². The molecule has 3 nitrogen and oxygen atoms in total. The van der Waals surface area contributed by atoms with Crippen LogP contribution in [0.5, 0.6) is 0 Å². The molecule has 1 spiro atoms. The topological polar surface area (TPSA) is 30.5 Å². The van der Waals surface area contributed by atoms with Crippen LogP contribution in [0.1, 0.15) is 46.0 Å². The zero-order valence-electron chi connectivity index (χ0n) is 13.5. The van der Waals surface area contributed by atoms with Gasteiger partial charge in [-0.15, -0.1) is 0 Å². The maximum Gasteiger partial charge on any atom is 0.0828 e. The minimum absolute atomic E-state index is 0.0380. The summed E-state index contributed by atoms with van der Waals surface area (Å²) in [7, 11) is 3.97. The van der Waals surface area contributed by atoms with Crippen LogP contribution in [0.2, 0.25) is 0 Å². The molecule has 0 radical (unpaired) electrons. The summed E-state index contributed by atoms with van der Waals surface area (Å²) in [5.41, 5.74) is 0.118. The second-order valence-electron chi connectivity index (χ2n) is 6.33. The molecule has 2 rings (SSSR count). The Morgan fingerprint density at radius 2 is 2.20 bits per heavy atom. The summed E-state index contributed by atoms with van der Waals surface area (Å²) < 4.78 is 12.2. The summed E-state index contributed by atoms with van der Waals surface area (Å²) in [6.45, 7) is 5.41. The maximum absolute atomic E-state index is 6.18. The van der Waals surface area contributed by atoms with Crippen molar-refractivity contribution in [2.24, 2.45) is 5.92 Å². The molecule has 3 unspecified atom stereocenters. The largest absolute Gasteiger partial charge is 0.377 e. The molecule has 2 fully saturated rings. The van der Waals surface area contributed by atoms with Gasteiger partial charge >= 0.3 is 0 Å². The van der Waals surface area contributed by atoms with E-state index in [0.717, 1.165) is 25.9 Å². The highest BCUT2D eigenvalue weighted by Gasteiger charge is 2.47. The average Bonchev–Trinajstić information content (AvgIpc) is 2.92. The molecule has 2 heterocycles. The van der Waals surface area contributed by atoms with Gasteiger partial charge in [0.1, 0.15) is 0 Å². The molecule has 3 atom stereocenters. The van der Waals surface area contributed by atoms with Crippen molar-refractivity contribution in [3.8, 4) is 0 Å². The van der Waals surface area contributed by atoms with Crippen LogP contribution in [0, 0.1) is 5.92 Å². The summed E-state index contributed by atoms with van der Waals surface area (Å²) in [5.74, 6) is 3.10. The van der Waals surface area contributed by atoms with Gasteiger partial charge in [0.2, 0.25) is 0 Å². The van der Waals surface area contributed by atoms with Crippen molar-refractivity contribution >= 4 is 11.8 Å². The van der Waals surface area contributed by atoms with Gasteiger partial charge in [-0.2, -0.15) is 11.8 Å².